The van der Waals surface area contributed by atoms with Gasteiger partial charge in [-0.25, -0.2) is 0 Å². The average Bonchev–Trinajstić information content (AvgIpc) is 2.14. The highest BCUT2D eigenvalue weighted by atomic mass is 16.2. The molecule has 0 aliphatic heterocycles. The van der Waals surface area contributed by atoms with E-state index in [0.717, 1.165) is 19.3 Å². The molecule has 2 N–H and O–H groups in total. The Morgan fingerprint density at radius 2 is 1.93 bits per heavy atom. The Morgan fingerprint density at radius 1 is 1.40 bits per heavy atom. The van der Waals surface area contributed by atoms with Crippen LogP contribution in [-0.4, -0.2) is 30.4 Å². The average molecular weight is 212 g/mol. The molecule has 1 atom stereocenters. The van der Waals surface area contributed by atoms with Crippen LogP contribution in [0.4, 0.5) is 0 Å². The van der Waals surface area contributed by atoms with Gasteiger partial charge in [0.2, 0.25) is 5.91 Å². The Kier molecular flexibility index (Phi) is 3.77. The minimum absolute atomic E-state index is 0.224. The Balaban J connectivity index is 2.67. The largest absolute Gasteiger partial charge is 0.342 e. The second kappa shape index (κ2) is 4.52. The van der Waals surface area contributed by atoms with Crippen LogP contribution in [0.2, 0.25) is 0 Å². The first kappa shape index (κ1) is 12.5. The molecule has 0 aromatic carbocycles. The molecule has 1 aliphatic rings. The van der Waals surface area contributed by atoms with E-state index in [0.29, 0.717) is 18.5 Å². The van der Waals surface area contributed by atoms with Crippen LogP contribution in [0.3, 0.4) is 0 Å². The highest BCUT2D eigenvalue weighted by molar-refractivity contribution is 5.84. The molecule has 1 rings (SSSR count). The van der Waals surface area contributed by atoms with E-state index in [2.05, 4.69) is 20.8 Å². The maximum absolute atomic E-state index is 12.3. The predicted molar refractivity (Wildman–Crippen MR) is 62.4 cm³/mol. The molecule has 1 unspecified atom stereocenters. The van der Waals surface area contributed by atoms with E-state index in [1.165, 1.54) is 0 Å². The summed E-state index contributed by atoms with van der Waals surface area (Å²) in [6.45, 7) is 6.89. The Morgan fingerprint density at radius 3 is 2.20 bits per heavy atom. The van der Waals surface area contributed by atoms with Crippen molar-refractivity contribution >= 4 is 5.91 Å². The van der Waals surface area contributed by atoms with Crippen LogP contribution in [0.15, 0.2) is 0 Å². The van der Waals surface area contributed by atoms with Gasteiger partial charge in [-0.2, -0.15) is 0 Å². The van der Waals surface area contributed by atoms with Crippen molar-refractivity contribution in [2.45, 2.75) is 46.1 Å². The number of hydrogen-bond acceptors (Lipinski definition) is 2. The lowest BCUT2D eigenvalue weighted by atomic mass is 9.67. The topological polar surface area (TPSA) is 46.3 Å². The second-order valence-electron chi connectivity index (χ2n) is 5.24. The minimum Gasteiger partial charge on any atom is -0.342 e. The van der Waals surface area contributed by atoms with E-state index in [1.54, 1.807) is 0 Å². The number of nitrogens with zero attached hydrogens (tertiary/aromatic N) is 1. The number of hydrogen-bond donors (Lipinski definition) is 1. The normalized spacial score (nSPS) is 20.9. The van der Waals surface area contributed by atoms with Crippen molar-refractivity contribution in [3.63, 3.8) is 0 Å². The van der Waals surface area contributed by atoms with Crippen LogP contribution in [-0.2, 0) is 4.79 Å². The highest BCUT2D eigenvalue weighted by Gasteiger charge is 2.45. The lowest BCUT2D eigenvalue weighted by molar-refractivity contribution is -0.148. The van der Waals surface area contributed by atoms with Crippen molar-refractivity contribution in [1.29, 1.82) is 0 Å². The van der Waals surface area contributed by atoms with Crippen LogP contribution in [0.1, 0.15) is 40.0 Å². The fourth-order valence-corrected chi connectivity index (χ4v) is 2.12. The molecule has 1 aliphatic carbocycles. The number of rotatable bonds is 4. The van der Waals surface area contributed by atoms with Gasteiger partial charge in [0.15, 0.2) is 0 Å². The first-order chi connectivity index (χ1) is 6.94. The zero-order chi connectivity index (χ0) is 11.6. The molecule has 88 valence electrons. The summed E-state index contributed by atoms with van der Waals surface area (Å²) in [4.78, 5) is 14.2. The van der Waals surface area contributed by atoms with Gasteiger partial charge in [0, 0.05) is 19.6 Å². The molecular weight excluding hydrogens is 188 g/mol. The summed E-state index contributed by atoms with van der Waals surface area (Å²) in [5.74, 6) is 0.742. The first-order valence-electron chi connectivity index (χ1n) is 5.92. The molecule has 0 radical (unpaired) electrons. The quantitative estimate of drug-likeness (QED) is 0.769. The van der Waals surface area contributed by atoms with Gasteiger partial charge >= 0.3 is 0 Å². The van der Waals surface area contributed by atoms with Crippen LogP contribution >= 0.6 is 0 Å². The maximum Gasteiger partial charge on any atom is 0.230 e. The summed E-state index contributed by atoms with van der Waals surface area (Å²) in [5, 5.41) is 0. The van der Waals surface area contributed by atoms with Gasteiger partial charge in [-0.1, -0.05) is 20.3 Å². The monoisotopic (exact) mass is 212 g/mol. The van der Waals surface area contributed by atoms with Gasteiger partial charge < -0.3 is 10.6 Å². The van der Waals surface area contributed by atoms with E-state index in [9.17, 15) is 4.79 Å². The smallest absolute Gasteiger partial charge is 0.230 e. The van der Waals surface area contributed by atoms with Crippen molar-refractivity contribution < 1.29 is 4.79 Å². The Hall–Kier alpha value is -0.570. The van der Waals surface area contributed by atoms with Gasteiger partial charge in [-0.15, -0.1) is 0 Å². The number of carbonyl (C=O) groups excluding carboxylic acids is 1. The lowest BCUT2D eigenvalue weighted by Crippen LogP contribution is -2.53. The summed E-state index contributed by atoms with van der Waals surface area (Å²) >= 11 is 0. The standard InChI is InChI=1S/C12H24N2O/c1-9(2)10(3)14(4)11(15)12(8-13)6-5-7-12/h9-10H,5-8,13H2,1-4H3. The Bertz CT molecular complexity index is 228. The van der Waals surface area contributed by atoms with E-state index >= 15 is 0 Å². The van der Waals surface area contributed by atoms with E-state index in [4.69, 9.17) is 5.73 Å². The molecule has 1 saturated carbocycles. The molecule has 0 aromatic rings. The Labute approximate surface area is 93.0 Å². The van der Waals surface area contributed by atoms with Crippen molar-refractivity contribution in [2.75, 3.05) is 13.6 Å². The fourth-order valence-electron chi connectivity index (χ4n) is 2.12. The molecular formula is C12H24N2O. The molecule has 0 heterocycles. The van der Waals surface area contributed by atoms with Gasteiger partial charge in [-0.05, 0) is 25.7 Å². The zero-order valence-corrected chi connectivity index (χ0v) is 10.4. The molecule has 0 aromatic heterocycles. The fraction of sp³-hybridized carbons (Fsp3) is 0.917. The SMILES string of the molecule is CC(C)C(C)N(C)C(=O)C1(CN)CCC1. The third kappa shape index (κ3) is 2.17. The molecule has 1 fully saturated rings. The summed E-state index contributed by atoms with van der Waals surface area (Å²) < 4.78 is 0. The second-order valence-corrected chi connectivity index (χ2v) is 5.24. The summed E-state index contributed by atoms with van der Waals surface area (Å²) in [5.41, 5.74) is 5.51. The summed E-state index contributed by atoms with van der Waals surface area (Å²) in [7, 11) is 1.91. The van der Waals surface area contributed by atoms with Gasteiger partial charge in [-0.3, -0.25) is 4.79 Å². The number of amides is 1. The zero-order valence-electron chi connectivity index (χ0n) is 10.4. The molecule has 0 spiro atoms. The summed E-state index contributed by atoms with van der Waals surface area (Å²) in [6, 6.07) is 0.293. The van der Waals surface area contributed by atoms with Crippen molar-refractivity contribution in [1.82, 2.24) is 4.90 Å². The molecule has 0 bridgehead atoms. The van der Waals surface area contributed by atoms with Crippen LogP contribution in [0.5, 0.6) is 0 Å². The molecule has 3 nitrogen and oxygen atoms in total. The molecule has 0 saturated heterocycles. The van der Waals surface area contributed by atoms with Gasteiger partial charge in [0.05, 0.1) is 5.41 Å². The highest BCUT2D eigenvalue weighted by Crippen LogP contribution is 2.41. The van der Waals surface area contributed by atoms with Crippen LogP contribution < -0.4 is 5.73 Å². The molecule has 15 heavy (non-hydrogen) atoms. The number of carbonyl (C=O) groups is 1. The van der Waals surface area contributed by atoms with Gasteiger partial charge in [0.1, 0.15) is 0 Å². The van der Waals surface area contributed by atoms with Crippen molar-refractivity contribution in [2.24, 2.45) is 17.1 Å². The lowest BCUT2D eigenvalue weighted by Gasteiger charge is -2.44. The van der Waals surface area contributed by atoms with E-state index < -0.39 is 0 Å². The van der Waals surface area contributed by atoms with E-state index in [1.807, 2.05) is 11.9 Å². The predicted octanol–water partition coefficient (Wildman–Crippen LogP) is 1.62. The third-order valence-corrected chi connectivity index (χ3v) is 4.05. The first-order valence-corrected chi connectivity index (χ1v) is 5.92. The minimum atomic E-state index is -0.224. The van der Waals surface area contributed by atoms with E-state index in [-0.39, 0.29) is 11.3 Å². The molecule has 1 amide bonds. The van der Waals surface area contributed by atoms with Crippen LogP contribution in [0, 0.1) is 11.3 Å². The van der Waals surface area contributed by atoms with Crippen molar-refractivity contribution in [3.05, 3.63) is 0 Å². The summed E-state index contributed by atoms with van der Waals surface area (Å²) in [6.07, 6.45) is 3.09. The van der Waals surface area contributed by atoms with Crippen LogP contribution in [0.25, 0.3) is 0 Å². The molecule has 3 heteroatoms. The third-order valence-electron chi connectivity index (χ3n) is 4.05. The number of nitrogens with two attached hydrogens (primary N) is 1. The maximum atomic E-state index is 12.3. The van der Waals surface area contributed by atoms with Crippen molar-refractivity contribution in [3.8, 4) is 0 Å². The van der Waals surface area contributed by atoms with Gasteiger partial charge in [0.25, 0.3) is 0 Å².